The fourth-order valence-electron chi connectivity index (χ4n) is 3.78. The molecule has 1 aromatic carbocycles. The molecule has 10 heteroatoms. The van der Waals surface area contributed by atoms with E-state index in [-0.39, 0.29) is 32.0 Å². The van der Waals surface area contributed by atoms with Gasteiger partial charge in [-0.3, -0.25) is 14.5 Å². The van der Waals surface area contributed by atoms with Gasteiger partial charge < -0.3 is 20.8 Å². The number of carbonyl (C=O) groups excluding carboxylic acids is 1. The maximum absolute atomic E-state index is 14.2. The van der Waals surface area contributed by atoms with Crippen molar-refractivity contribution in [1.29, 1.82) is 0 Å². The molecular formula is C21H30F3N3O4. The van der Waals surface area contributed by atoms with Gasteiger partial charge in [-0.15, -0.1) is 0 Å². The fraction of sp³-hybridized carbons (Fsp3) is 0.619. The highest BCUT2D eigenvalue weighted by Crippen LogP contribution is 2.30. The molecule has 0 unspecified atom stereocenters. The van der Waals surface area contributed by atoms with Crippen LogP contribution in [0.3, 0.4) is 0 Å². The molecule has 1 heterocycles. The molecule has 1 aliphatic heterocycles. The standard InChI is InChI=1S/C21H30F3N3O4/c1-11(2)13(20(30)31)7-17(28)15(25)8-26-9-18(29)27(10-21(26,3)4)16-6-12(22)5-14(23)19(16)24/h5-6,11,13,15,17,28H,7-10,25H2,1-4H3,(H,30,31)/t13-,15-,17-/m0/s1. The second kappa shape index (κ2) is 9.54. The zero-order chi connectivity index (χ0) is 23.7. The number of benzene rings is 1. The molecule has 0 aliphatic carbocycles. The van der Waals surface area contributed by atoms with Gasteiger partial charge in [0.05, 0.1) is 24.3 Å². The quantitative estimate of drug-likeness (QED) is 0.528. The normalized spacial score (nSPS) is 20.1. The molecule has 1 fully saturated rings. The van der Waals surface area contributed by atoms with Crippen molar-refractivity contribution in [3.05, 3.63) is 29.6 Å². The maximum atomic E-state index is 14.2. The molecule has 1 saturated heterocycles. The SMILES string of the molecule is CC(C)[C@H](C[C@H](O)[C@@H](N)CN1CC(=O)N(c2cc(F)cc(F)c2F)CC1(C)C)C(=O)O. The second-order valence-electron chi connectivity index (χ2n) is 9.05. The number of nitrogens with zero attached hydrogens (tertiary/aromatic N) is 2. The number of carbonyl (C=O) groups is 2. The van der Waals surface area contributed by atoms with Crippen molar-refractivity contribution in [1.82, 2.24) is 4.90 Å². The van der Waals surface area contributed by atoms with Crippen LogP contribution in [0.4, 0.5) is 18.9 Å². The molecule has 7 nitrogen and oxygen atoms in total. The van der Waals surface area contributed by atoms with Crippen LogP contribution >= 0.6 is 0 Å². The van der Waals surface area contributed by atoms with E-state index in [1.54, 1.807) is 32.6 Å². The van der Waals surface area contributed by atoms with Crippen LogP contribution in [0.15, 0.2) is 12.1 Å². The highest BCUT2D eigenvalue weighted by Gasteiger charge is 2.41. The Balaban J connectivity index is 2.14. The number of hydrogen-bond donors (Lipinski definition) is 3. The average molecular weight is 445 g/mol. The van der Waals surface area contributed by atoms with Gasteiger partial charge >= 0.3 is 5.97 Å². The van der Waals surface area contributed by atoms with Gasteiger partial charge in [-0.05, 0) is 26.2 Å². The molecule has 3 atom stereocenters. The van der Waals surface area contributed by atoms with E-state index < -0.39 is 58.6 Å². The highest BCUT2D eigenvalue weighted by atomic mass is 19.2. The summed E-state index contributed by atoms with van der Waals surface area (Å²) in [4.78, 5) is 26.7. The van der Waals surface area contributed by atoms with Crippen LogP contribution in [0.25, 0.3) is 0 Å². The Morgan fingerprint density at radius 3 is 2.42 bits per heavy atom. The molecule has 0 saturated carbocycles. The lowest BCUT2D eigenvalue weighted by Crippen LogP contribution is -2.64. The van der Waals surface area contributed by atoms with Gasteiger partial charge in [-0.2, -0.15) is 0 Å². The number of aliphatic carboxylic acids is 1. The average Bonchev–Trinajstić information content (AvgIpc) is 2.64. The third-order valence-electron chi connectivity index (χ3n) is 5.84. The Bertz CT molecular complexity index is 834. The van der Waals surface area contributed by atoms with Gasteiger partial charge in [0, 0.05) is 36.8 Å². The minimum atomic E-state index is -1.38. The van der Waals surface area contributed by atoms with E-state index in [1.165, 1.54) is 0 Å². The summed E-state index contributed by atoms with van der Waals surface area (Å²) in [5.74, 6) is -6.23. The summed E-state index contributed by atoms with van der Waals surface area (Å²) in [6, 6.07) is 0.352. The van der Waals surface area contributed by atoms with Gasteiger partial charge in [0.1, 0.15) is 5.82 Å². The summed E-state index contributed by atoms with van der Waals surface area (Å²) in [6.07, 6.45) is -1.14. The van der Waals surface area contributed by atoms with Crippen LogP contribution in [0.1, 0.15) is 34.1 Å². The Morgan fingerprint density at radius 1 is 1.26 bits per heavy atom. The summed E-state index contributed by atoms with van der Waals surface area (Å²) < 4.78 is 41.4. The number of aliphatic hydroxyl groups excluding tert-OH is 1. The van der Waals surface area contributed by atoms with E-state index in [4.69, 9.17) is 5.73 Å². The van der Waals surface area contributed by atoms with Crippen molar-refractivity contribution in [2.24, 2.45) is 17.6 Å². The van der Waals surface area contributed by atoms with E-state index in [9.17, 15) is 33.0 Å². The van der Waals surface area contributed by atoms with E-state index >= 15 is 0 Å². The molecule has 0 bridgehead atoms. The summed E-state index contributed by atoms with van der Waals surface area (Å²) in [5.41, 5.74) is 4.87. The van der Waals surface area contributed by atoms with Crippen molar-refractivity contribution in [3.8, 4) is 0 Å². The number of nitrogens with two attached hydrogens (primary N) is 1. The van der Waals surface area contributed by atoms with Gasteiger partial charge in [0.15, 0.2) is 11.6 Å². The minimum absolute atomic E-state index is 0.0315. The lowest BCUT2D eigenvalue weighted by atomic mass is 9.87. The first kappa shape index (κ1) is 25.1. The van der Waals surface area contributed by atoms with Gasteiger partial charge in [0.25, 0.3) is 0 Å². The van der Waals surface area contributed by atoms with Crippen molar-refractivity contribution in [3.63, 3.8) is 0 Å². The van der Waals surface area contributed by atoms with E-state index in [0.717, 1.165) is 11.0 Å². The number of carboxylic acid groups (broad SMARTS) is 1. The van der Waals surface area contributed by atoms with Crippen molar-refractivity contribution in [2.75, 3.05) is 24.5 Å². The van der Waals surface area contributed by atoms with Gasteiger partial charge in [0.2, 0.25) is 5.91 Å². The summed E-state index contributed by atoms with van der Waals surface area (Å²) in [7, 11) is 0. The van der Waals surface area contributed by atoms with E-state index in [2.05, 4.69) is 0 Å². The lowest BCUT2D eigenvalue weighted by Gasteiger charge is -2.47. The second-order valence-corrected chi connectivity index (χ2v) is 9.05. The Hall–Kier alpha value is -2.17. The van der Waals surface area contributed by atoms with Crippen LogP contribution in [-0.4, -0.2) is 64.3 Å². The van der Waals surface area contributed by atoms with Crippen LogP contribution < -0.4 is 10.6 Å². The smallest absolute Gasteiger partial charge is 0.306 e. The van der Waals surface area contributed by atoms with Crippen LogP contribution in [-0.2, 0) is 9.59 Å². The zero-order valence-corrected chi connectivity index (χ0v) is 18.1. The summed E-state index contributed by atoms with van der Waals surface area (Å²) in [5, 5.41) is 19.8. The predicted molar refractivity (Wildman–Crippen MR) is 109 cm³/mol. The number of halogens is 3. The molecule has 1 amide bonds. The van der Waals surface area contributed by atoms with Crippen LogP contribution in [0, 0.1) is 29.3 Å². The third kappa shape index (κ3) is 5.75. The van der Waals surface area contributed by atoms with E-state index in [0.29, 0.717) is 6.07 Å². The number of amides is 1. The fourth-order valence-corrected chi connectivity index (χ4v) is 3.78. The first-order valence-corrected chi connectivity index (χ1v) is 10.1. The highest BCUT2D eigenvalue weighted by molar-refractivity contribution is 5.96. The van der Waals surface area contributed by atoms with Crippen LogP contribution in [0.2, 0.25) is 0 Å². The lowest BCUT2D eigenvalue weighted by molar-refractivity contribution is -0.144. The zero-order valence-electron chi connectivity index (χ0n) is 18.1. The van der Waals surface area contributed by atoms with Crippen LogP contribution in [0.5, 0.6) is 0 Å². The number of hydrogen-bond acceptors (Lipinski definition) is 5. The third-order valence-corrected chi connectivity index (χ3v) is 5.84. The molecule has 0 spiro atoms. The molecule has 1 aromatic rings. The summed E-state index contributed by atoms with van der Waals surface area (Å²) >= 11 is 0. The summed E-state index contributed by atoms with van der Waals surface area (Å²) in [6.45, 7) is 6.81. The first-order valence-electron chi connectivity index (χ1n) is 10.1. The van der Waals surface area contributed by atoms with Crippen molar-refractivity contribution >= 4 is 17.6 Å². The number of piperazine rings is 1. The minimum Gasteiger partial charge on any atom is -0.481 e. The molecule has 174 valence electrons. The number of anilines is 1. The molecule has 31 heavy (non-hydrogen) atoms. The molecule has 2 rings (SSSR count). The first-order chi connectivity index (χ1) is 14.2. The largest absolute Gasteiger partial charge is 0.481 e. The maximum Gasteiger partial charge on any atom is 0.306 e. The van der Waals surface area contributed by atoms with Crippen molar-refractivity contribution < 1.29 is 33.0 Å². The Kier molecular flexibility index (Phi) is 7.72. The number of aliphatic hydroxyl groups is 1. The van der Waals surface area contributed by atoms with Crippen molar-refractivity contribution in [2.45, 2.75) is 51.8 Å². The van der Waals surface area contributed by atoms with Gasteiger partial charge in [-0.25, -0.2) is 13.2 Å². The number of rotatable bonds is 8. The molecular weight excluding hydrogens is 415 g/mol. The Morgan fingerprint density at radius 2 is 1.87 bits per heavy atom. The molecule has 4 N–H and O–H groups in total. The molecule has 0 radical (unpaired) electrons. The van der Waals surface area contributed by atoms with Gasteiger partial charge in [-0.1, -0.05) is 13.8 Å². The number of carboxylic acids is 1. The predicted octanol–water partition coefficient (Wildman–Crippen LogP) is 1.97. The molecule has 0 aromatic heterocycles. The van der Waals surface area contributed by atoms with E-state index in [1.807, 2.05) is 0 Å². The topological polar surface area (TPSA) is 107 Å². The Labute approximate surface area is 179 Å². The molecule has 1 aliphatic rings. The monoisotopic (exact) mass is 445 g/mol.